The normalized spacial score (nSPS) is 14.4. The Hall–Kier alpha value is -3.94. The van der Waals surface area contributed by atoms with E-state index in [4.69, 9.17) is 4.42 Å². The molecule has 8 heteroatoms. The summed E-state index contributed by atoms with van der Waals surface area (Å²) < 4.78 is 19.8. The van der Waals surface area contributed by atoms with Crippen molar-refractivity contribution in [3.05, 3.63) is 71.9 Å². The predicted molar refractivity (Wildman–Crippen MR) is 111 cm³/mol. The number of nitrogens with one attached hydrogen (secondary N) is 1. The topological polar surface area (TPSA) is 86.6 Å². The SMILES string of the molecule is O=C(C(=O)N1CCN(C(=O)c2cc3ccccc3o2)CC1)c1c[nH]c2cccc(F)c12. The third-order valence-electron chi connectivity index (χ3n) is 5.58. The van der Waals surface area contributed by atoms with Crippen molar-refractivity contribution in [3.63, 3.8) is 0 Å². The van der Waals surface area contributed by atoms with Gasteiger partial charge < -0.3 is 19.2 Å². The summed E-state index contributed by atoms with van der Waals surface area (Å²) in [5.41, 5.74) is 1.10. The highest BCUT2D eigenvalue weighted by molar-refractivity contribution is 6.44. The molecule has 0 aliphatic carbocycles. The number of carbonyl (C=O) groups excluding carboxylic acids is 3. The van der Waals surface area contributed by atoms with Gasteiger partial charge in [-0.15, -0.1) is 0 Å². The third-order valence-corrected chi connectivity index (χ3v) is 5.58. The standard InChI is InChI=1S/C23H18FN3O4/c24-16-5-3-6-17-20(16)15(13-25-17)21(28)23(30)27-10-8-26(9-11-27)22(29)19-12-14-4-1-2-7-18(14)31-19/h1-7,12-13,25H,8-11H2. The fourth-order valence-corrected chi connectivity index (χ4v) is 3.93. The number of carbonyl (C=O) groups is 3. The Morgan fingerprint density at radius 1 is 0.935 bits per heavy atom. The lowest BCUT2D eigenvalue weighted by Crippen LogP contribution is -2.52. The van der Waals surface area contributed by atoms with Gasteiger partial charge in [0.25, 0.3) is 17.6 Å². The average molecular weight is 419 g/mol. The average Bonchev–Trinajstić information content (AvgIpc) is 3.43. The molecular formula is C23H18FN3O4. The second kappa shape index (κ2) is 7.39. The third kappa shape index (κ3) is 3.26. The summed E-state index contributed by atoms with van der Waals surface area (Å²) in [6.45, 7) is 0.969. The molecular weight excluding hydrogens is 401 g/mol. The van der Waals surface area contributed by atoms with E-state index in [0.29, 0.717) is 11.1 Å². The maximum atomic E-state index is 14.2. The van der Waals surface area contributed by atoms with E-state index in [2.05, 4.69) is 4.98 Å². The van der Waals surface area contributed by atoms with Crippen molar-refractivity contribution in [3.8, 4) is 0 Å². The zero-order chi connectivity index (χ0) is 21.5. The van der Waals surface area contributed by atoms with Crippen molar-refractivity contribution in [1.29, 1.82) is 0 Å². The number of ketones is 1. The molecule has 0 radical (unpaired) electrons. The van der Waals surface area contributed by atoms with Gasteiger partial charge in [0.05, 0.1) is 5.56 Å². The van der Waals surface area contributed by atoms with Gasteiger partial charge in [0, 0.05) is 48.7 Å². The maximum absolute atomic E-state index is 14.2. The van der Waals surface area contributed by atoms with Crippen LogP contribution in [0.4, 0.5) is 4.39 Å². The summed E-state index contributed by atoms with van der Waals surface area (Å²) in [5, 5.41) is 0.954. The minimum absolute atomic E-state index is 0.0129. The van der Waals surface area contributed by atoms with E-state index in [0.717, 1.165) is 5.39 Å². The molecule has 1 N–H and O–H groups in total. The zero-order valence-corrected chi connectivity index (χ0v) is 16.4. The number of rotatable bonds is 3. The molecule has 31 heavy (non-hydrogen) atoms. The first-order valence-electron chi connectivity index (χ1n) is 9.90. The van der Waals surface area contributed by atoms with E-state index in [1.807, 2.05) is 18.2 Å². The molecule has 0 saturated carbocycles. The van der Waals surface area contributed by atoms with Crippen LogP contribution in [0.2, 0.25) is 0 Å². The van der Waals surface area contributed by atoms with Gasteiger partial charge in [0.2, 0.25) is 0 Å². The second-order valence-electron chi connectivity index (χ2n) is 7.43. The van der Waals surface area contributed by atoms with Crippen molar-refractivity contribution in [2.24, 2.45) is 0 Å². The summed E-state index contributed by atoms with van der Waals surface area (Å²) in [5.74, 6) is -2.05. The van der Waals surface area contributed by atoms with Crippen LogP contribution in [0.5, 0.6) is 0 Å². The van der Waals surface area contributed by atoms with Crippen molar-refractivity contribution in [1.82, 2.24) is 14.8 Å². The summed E-state index contributed by atoms with van der Waals surface area (Å²) in [6, 6.07) is 13.5. The second-order valence-corrected chi connectivity index (χ2v) is 7.43. The molecule has 1 aliphatic heterocycles. The molecule has 0 spiro atoms. The number of furan rings is 1. The molecule has 7 nitrogen and oxygen atoms in total. The summed E-state index contributed by atoms with van der Waals surface area (Å²) in [6.07, 6.45) is 1.36. The van der Waals surface area contributed by atoms with Crippen molar-refractivity contribution in [2.75, 3.05) is 26.2 Å². The maximum Gasteiger partial charge on any atom is 0.295 e. The molecule has 156 valence electrons. The van der Waals surface area contributed by atoms with Crippen molar-refractivity contribution in [2.45, 2.75) is 0 Å². The number of aromatic nitrogens is 1. The molecule has 1 saturated heterocycles. The lowest BCUT2D eigenvalue weighted by atomic mass is 10.1. The van der Waals surface area contributed by atoms with Crippen LogP contribution in [0.15, 0.2) is 59.1 Å². The van der Waals surface area contributed by atoms with Crippen molar-refractivity contribution < 1.29 is 23.2 Å². The fourth-order valence-electron chi connectivity index (χ4n) is 3.93. The minimum atomic E-state index is -0.770. The number of H-pyrrole nitrogens is 1. The molecule has 1 fully saturated rings. The Bertz CT molecular complexity index is 1300. The molecule has 2 amide bonds. The van der Waals surface area contributed by atoms with Gasteiger partial charge in [-0.1, -0.05) is 24.3 Å². The van der Waals surface area contributed by atoms with E-state index in [-0.39, 0.29) is 48.8 Å². The number of hydrogen-bond acceptors (Lipinski definition) is 4. The van der Waals surface area contributed by atoms with Crippen LogP contribution in [0, 0.1) is 5.82 Å². The number of aromatic amines is 1. The fraction of sp³-hybridized carbons (Fsp3) is 0.174. The minimum Gasteiger partial charge on any atom is -0.451 e. The number of halogens is 1. The van der Waals surface area contributed by atoms with Crippen LogP contribution in [0.3, 0.4) is 0 Å². The summed E-state index contributed by atoms with van der Waals surface area (Å²) in [4.78, 5) is 44.0. The van der Waals surface area contributed by atoms with Gasteiger partial charge in [0.1, 0.15) is 11.4 Å². The number of nitrogens with zero attached hydrogens (tertiary/aromatic N) is 2. The van der Waals surface area contributed by atoms with Gasteiger partial charge in [-0.25, -0.2) is 4.39 Å². The highest BCUT2D eigenvalue weighted by atomic mass is 19.1. The molecule has 2 aromatic carbocycles. The summed E-state index contributed by atoms with van der Waals surface area (Å²) >= 11 is 0. The summed E-state index contributed by atoms with van der Waals surface area (Å²) in [7, 11) is 0. The first-order chi connectivity index (χ1) is 15.0. The Balaban J connectivity index is 1.28. The van der Waals surface area contributed by atoms with Crippen LogP contribution in [0.25, 0.3) is 21.9 Å². The highest BCUT2D eigenvalue weighted by Gasteiger charge is 2.31. The van der Waals surface area contributed by atoms with Gasteiger partial charge >= 0.3 is 0 Å². The van der Waals surface area contributed by atoms with Gasteiger partial charge in [-0.2, -0.15) is 0 Å². The quantitative estimate of drug-likeness (QED) is 0.408. The molecule has 0 bridgehead atoms. The first kappa shape index (κ1) is 19.0. The van der Waals surface area contributed by atoms with Crippen LogP contribution in [0.1, 0.15) is 20.9 Å². The monoisotopic (exact) mass is 419 g/mol. The zero-order valence-electron chi connectivity index (χ0n) is 16.4. The van der Waals surface area contributed by atoms with E-state index in [1.54, 1.807) is 23.1 Å². The lowest BCUT2D eigenvalue weighted by Gasteiger charge is -2.33. The predicted octanol–water partition coefficient (Wildman–Crippen LogP) is 3.22. The Morgan fingerprint density at radius 2 is 1.68 bits per heavy atom. The number of fused-ring (bicyclic) bond motifs is 2. The number of Topliss-reactive ketones (excluding diaryl/α,β-unsaturated/α-hetero) is 1. The van der Waals surface area contributed by atoms with Crippen LogP contribution >= 0.6 is 0 Å². The Labute approximate surface area is 176 Å². The molecule has 5 rings (SSSR count). The number of para-hydroxylation sites is 1. The molecule has 2 aromatic heterocycles. The van der Waals surface area contributed by atoms with E-state index >= 15 is 0 Å². The van der Waals surface area contributed by atoms with Crippen LogP contribution < -0.4 is 0 Å². The largest absolute Gasteiger partial charge is 0.451 e. The van der Waals surface area contributed by atoms with Gasteiger partial charge in [-0.3, -0.25) is 14.4 Å². The van der Waals surface area contributed by atoms with Gasteiger partial charge in [0.15, 0.2) is 5.76 Å². The van der Waals surface area contributed by atoms with E-state index in [9.17, 15) is 18.8 Å². The lowest BCUT2D eigenvalue weighted by molar-refractivity contribution is -0.127. The smallest absolute Gasteiger partial charge is 0.295 e. The molecule has 3 heterocycles. The van der Waals surface area contributed by atoms with Crippen LogP contribution in [-0.4, -0.2) is 58.6 Å². The molecule has 1 aliphatic rings. The van der Waals surface area contributed by atoms with E-state index in [1.165, 1.54) is 23.2 Å². The number of amides is 2. The molecule has 4 aromatic rings. The number of hydrogen-bond donors (Lipinski definition) is 1. The van der Waals surface area contributed by atoms with Crippen molar-refractivity contribution >= 4 is 39.5 Å². The first-order valence-corrected chi connectivity index (χ1v) is 9.90. The van der Waals surface area contributed by atoms with E-state index < -0.39 is 17.5 Å². The Kier molecular flexibility index (Phi) is 4.54. The Morgan fingerprint density at radius 3 is 2.45 bits per heavy atom. The number of piperazine rings is 1. The highest BCUT2D eigenvalue weighted by Crippen LogP contribution is 2.23. The molecule has 0 unspecified atom stereocenters. The van der Waals surface area contributed by atoms with Gasteiger partial charge in [-0.05, 0) is 24.3 Å². The van der Waals surface area contributed by atoms with Crippen LogP contribution in [-0.2, 0) is 4.79 Å². The number of benzene rings is 2. The molecule has 0 atom stereocenters.